The second-order valence-corrected chi connectivity index (χ2v) is 5.76. The van der Waals surface area contributed by atoms with Gasteiger partial charge in [-0.1, -0.05) is 0 Å². The minimum absolute atomic E-state index is 0.0494. The molecular weight excluding hydrogens is 226 g/mol. The minimum atomic E-state index is -0.0494. The molecule has 2 heterocycles. The van der Waals surface area contributed by atoms with Gasteiger partial charge in [-0.05, 0) is 32.9 Å². The molecule has 0 bridgehead atoms. The van der Waals surface area contributed by atoms with E-state index in [4.69, 9.17) is 10.5 Å². The zero-order chi connectivity index (χ0) is 13.2. The van der Waals surface area contributed by atoms with Gasteiger partial charge in [-0.25, -0.2) is 0 Å². The van der Waals surface area contributed by atoms with Gasteiger partial charge in [0.15, 0.2) is 0 Å². The lowest BCUT2D eigenvalue weighted by Gasteiger charge is -2.41. The molecule has 0 aromatic carbocycles. The summed E-state index contributed by atoms with van der Waals surface area (Å²) in [6, 6.07) is 3.92. The van der Waals surface area contributed by atoms with Crippen LogP contribution in [0.2, 0.25) is 0 Å². The zero-order valence-electron chi connectivity index (χ0n) is 11.5. The highest BCUT2D eigenvalue weighted by molar-refractivity contribution is 5.34. The van der Waals surface area contributed by atoms with Gasteiger partial charge >= 0.3 is 0 Å². The summed E-state index contributed by atoms with van der Waals surface area (Å²) in [5.74, 6) is 0. The number of rotatable bonds is 3. The molecule has 1 saturated heterocycles. The molecule has 4 nitrogen and oxygen atoms in total. The molecule has 1 atom stereocenters. The van der Waals surface area contributed by atoms with Gasteiger partial charge in [-0.3, -0.25) is 9.88 Å². The van der Waals surface area contributed by atoms with Crippen LogP contribution in [0.5, 0.6) is 0 Å². The largest absolute Gasteiger partial charge is 0.397 e. The van der Waals surface area contributed by atoms with Crippen LogP contribution in [-0.4, -0.2) is 41.2 Å². The Balaban J connectivity index is 1.88. The van der Waals surface area contributed by atoms with Gasteiger partial charge in [-0.15, -0.1) is 0 Å². The summed E-state index contributed by atoms with van der Waals surface area (Å²) < 4.78 is 5.90. The molecule has 0 radical (unpaired) electrons. The van der Waals surface area contributed by atoms with Gasteiger partial charge in [-0.2, -0.15) is 0 Å². The average Bonchev–Trinajstić information content (AvgIpc) is 2.25. The number of nitrogens with zero attached hydrogens (tertiary/aromatic N) is 2. The number of anilines is 1. The number of pyridine rings is 1. The van der Waals surface area contributed by atoms with Crippen LogP contribution in [0.15, 0.2) is 18.3 Å². The molecule has 1 aliphatic rings. The Hall–Kier alpha value is -1.13. The summed E-state index contributed by atoms with van der Waals surface area (Å²) in [5, 5.41) is 0. The quantitative estimate of drug-likeness (QED) is 0.886. The number of hydrogen-bond donors (Lipinski definition) is 1. The molecule has 0 spiro atoms. The molecular formula is C14H23N3O. The van der Waals surface area contributed by atoms with Crippen molar-refractivity contribution in [1.82, 2.24) is 9.88 Å². The van der Waals surface area contributed by atoms with Crippen molar-refractivity contribution in [3.8, 4) is 0 Å². The molecule has 1 aromatic rings. The van der Waals surface area contributed by atoms with Crippen molar-refractivity contribution in [1.29, 1.82) is 0 Å². The standard InChI is InChI=1S/C14H23N3O/c1-11-9-17(10-14(2,3)18-11)7-6-13-5-4-12(15)8-16-13/h4-5,8,11H,6-7,9-10,15H2,1-3H3. The van der Waals surface area contributed by atoms with E-state index >= 15 is 0 Å². The van der Waals surface area contributed by atoms with Crippen molar-refractivity contribution in [3.05, 3.63) is 24.0 Å². The average molecular weight is 249 g/mol. The number of nitrogen functional groups attached to an aromatic ring is 1. The summed E-state index contributed by atoms with van der Waals surface area (Å²) in [6.07, 6.45) is 2.98. The summed E-state index contributed by atoms with van der Waals surface area (Å²) in [6.45, 7) is 9.43. The van der Waals surface area contributed by atoms with Crippen LogP contribution in [0.3, 0.4) is 0 Å². The van der Waals surface area contributed by atoms with E-state index in [1.165, 1.54) is 0 Å². The first-order chi connectivity index (χ1) is 8.44. The number of hydrogen-bond acceptors (Lipinski definition) is 4. The van der Waals surface area contributed by atoms with Crippen LogP contribution in [0.4, 0.5) is 5.69 Å². The molecule has 0 aliphatic carbocycles. The molecule has 2 N–H and O–H groups in total. The third-order valence-electron chi connectivity index (χ3n) is 3.17. The van der Waals surface area contributed by atoms with Crippen LogP contribution in [0.1, 0.15) is 26.5 Å². The van der Waals surface area contributed by atoms with Crippen molar-refractivity contribution >= 4 is 5.69 Å². The van der Waals surface area contributed by atoms with E-state index < -0.39 is 0 Å². The monoisotopic (exact) mass is 249 g/mol. The Morgan fingerprint density at radius 3 is 2.89 bits per heavy atom. The number of aromatic nitrogens is 1. The molecule has 0 amide bonds. The second-order valence-electron chi connectivity index (χ2n) is 5.76. The van der Waals surface area contributed by atoms with Gasteiger partial charge < -0.3 is 10.5 Å². The van der Waals surface area contributed by atoms with Gasteiger partial charge in [0, 0.05) is 31.7 Å². The van der Waals surface area contributed by atoms with E-state index in [2.05, 4.69) is 30.7 Å². The maximum absolute atomic E-state index is 5.90. The van der Waals surface area contributed by atoms with Crippen molar-refractivity contribution in [2.75, 3.05) is 25.4 Å². The van der Waals surface area contributed by atoms with Crippen molar-refractivity contribution in [2.45, 2.75) is 38.9 Å². The molecule has 2 rings (SSSR count). The first-order valence-corrected chi connectivity index (χ1v) is 6.55. The van der Waals surface area contributed by atoms with Gasteiger partial charge in [0.2, 0.25) is 0 Å². The van der Waals surface area contributed by atoms with Crippen molar-refractivity contribution in [2.24, 2.45) is 0 Å². The van der Waals surface area contributed by atoms with Gasteiger partial charge in [0.1, 0.15) is 0 Å². The SMILES string of the molecule is CC1CN(CCc2ccc(N)cn2)CC(C)(C)O1. The molecule has 1 unspecified atom stereocenters. The lowest BCUT2D eigenvalue weighted by Crippen LogP contribution is -2.52. The third kappa shape index (κ3) is 3.68. The fraction of sp³-hybridized carbons (Fsp3) is 0.643. The molecule has 18 heavy (non-hydrogen) atoms. The number of nitrogens with two attached hydrogens (primary N) is 1. The van der Waals surface area contributed by atoms with E-state index in [-0.39, 0.29) is 5.60 Å². The van der Waals surface area contributed by atoms with E-state index in [0.29, 0.717) is 6.10 Å². The highest BCUT2D eigenvalue weighted by atomic mass is 16.5. The highest BCUT2D eigenvalue weighted by Crippen LogP contribution is 2.20. The summed E-state index contributed by atoms with van der Waals surface area (Å²) in [7, 11) is 0. The summed E-state index contributed by atoms with van der Waals surface area (Å²) in [5.41, 5.74) is 7.40. The van der Waals surface area contributed by atoms with E-state index in [0.717, 1.165) is 37.4 Å². The summed E-state index contributed by atoms with van der Waals surface area (Å²) >= 11 is 0. The first kappa shape index (κ1) is 13.3. The topological polar surface area (TPSA) is 51.4 Å². The Morgan fingerprint density at radius 1 is 1.50 bits per heavy atom. The maximum Gasteiger partial charge on any atom is 0.0757 e. The van der Waals surface area contributed by atoms with Gasteiger partial charge in [0.25, 0.3) is 0 Å². The van der Waals surface area contributed by atoms with Crippen LogP contribution in [0, 0.1) is 0 Å². The zero-order valence-corrected chi connectivity index (χ0v) is 11.5. The number of morpholine rings is 1. The predicted molar refractivity (Wildman–Crippen MR) is 73.4 cm³/mol. The highest BCUT2D eigenvalue weighted by Gasteiger charge is 2.30. The smallest absolute Gasteiger partial charge is 0.0757 e. The minimum Gasteiger partial charge on any atom is -0.397 e. The predicted octanol–water partition coefficient (Wildman–Crippen LogP) is 1.71. The van der Waals surface area contributed by atoms with E-state index in [1.54, 1.807) is 6.20 Å². The number of ether oxygens (including phenoxy) is 1. The molecule has 1 fully saturated rings. The Morgan fingerprint density at radius 2 is 2.28 bits per heavy atom. The first-order valence-electron chi connectivity index (χ1n) is 6.55. The van der Waals surface area contributed by atoms with E-state index in [1.807, 2.05) is 12.1 Å². The fourth-order valence-corrected chi connectivity index (χ4v) is 2.61. The molecule has 100 valence electrons. The summed E-state index contributed by atoms with van der Waals surface area (Å²) in [4.78, 5) is 6.79. The lowest BCUT2D eigenvalue weighted by molar-refractivity contribution is -0.128. The van der Waals surface area contributed by atoms with Crippen LogP contribution in [-0.2, 0) is 11.2 Å². The van der Waals surface area contributed by atoms with E-state index in [9.17, 15) is 0 Å². The Labute approximate surface area is 109 Å². The van der Waals surface area contributed by atoms with Gasteiger partial charge in [0.05, 0.1) is 23.6 Å². The second kappa shape index (κ2) is 5.24. The molecule has 0 saturated carbocycles. The van der Waals surface area contributed by atoms with Crippen molar-refractivity contribution in [3.63, 3.8) is 0 Å². The van der Waals surface area contributed by atoms with Crippen LogP contribution < -0.4 is 5.73 Å². The molecule has 1 aliphatic heterocycles. The van der Waals surface area contributed by atoms with Crippen molar-refractivity contribution < 1.29 is 4.74 Å². The Kier molecular flexibility index (Phi) is 3.88. The van der Waals surface area contributed by atoms with Crippen LogP contribution >= 0.6 is 0 Å². The molecule has 4 heteroatoms. The lowest BCUT2D eigenvalue weighted by atomic mass is 10.1. The Bertz CT molecular complexity index is 389. The fourth-order valence-electron chi connectivity index (χ4n) is 2.61. The van der Waals surface area contributed by atoms with Crippen LogP contribution in [0.25, 0.3) is 0 Å². The normalized spacial score (nSPS) is 24.1. The third-order valence-corrected chi connectivity index (χ3v) is 3.17. The molecule has 1 aromatic heterocycles. The maximum atomic E-state index is 5.90.